The van der Waals surface area contributed by atoms with E-state index in [4.69, 9.17) is 19.3 Å². The molecule has 0 bridgehead atoms. The molecule has 0 fully saturated rings. The first-order chi connectivity index (χ1) is 23.2. The molecule has 0 amide bonds. The van der Waals surface area contributed by atoms with Crippen molar-refractivity contribution in [2.75, 3.05) is 13.2 Å². The van der Waals surface area contributed by atoms with E-state index < -0.39 is 32.5 Å². The first kappa shape index (κ1) is 47.0. The highest BCUT2D eigenvalue weighted by atomic mass is 31.2. The molecule has 8 nitrogen and oxygen atoms in total. The summed E-state index contributed by atoms with van der Waals surface area (Å²) in [7, 11) is -4.70. The van der Waals surface area contributed by atoms with Crippen LogP contribution in [0.3, 0.4) is 0 Å². The van der Waals surface area contributed by atoms with Crippen LogP contribution >= 0.6 is 7.82 Å². The van der Waals surface area contributed by atoms with Gasteiger partial charge in [-0.1, -0.05) is 200 Å². The number of phosphoric ester groups is 1. The van der Waals surface area contributed by atoms with Gasteiger partial charge in [0.25, 0.3) is 0 Å². The summed E-state index contributed by atoms with van der Waals surface area (Å²) >= 11 is 0. The van der Waals surface area contributed by atoms with E-state index in [2.05, 4.69) is 11.4 Å². The standard InChI is InChI=1S/C39H77O8P/c1-3-4-5-6-7-8-9-10-11-12-13-14-15-16-17-18-19-20-21-22-23-24-25-26-27-28-29-30-31-32-33-34-39(41)45-35-38(47-37(2)40)36-46-48(42,43)44/h38H,3-36H2,1-2H3,(H2,42,43,44)/t38-/m1/s1. The summed E-state index contributed by atoms with van der Waals surface area (Å²) < 4.78 is 25.2. The van der Waals surface area contributed by atoms with Crippen LogP contribution in [0.2, 0.25) is 0 Å². The maximum absolute atomic E-state index is 11.9. The van der Waals surface area contributed by atoms with Crippen molar-refractivity contribution in [2.45, 2.75) is 225 Å². The van der Waals surface area contributed by atoms with Crippen molar-refractivity contribution in [3.63, 3.8) is 0 Å². The Morgan fingerprint density at radius 3 is 1.06 bits per heavy atom. The second-order valence-electron chi connectivity index (χ2n) is 14.1. The lowest BCUT2D eigenvalue weighted by Gasteiger charge is -2.17. The molecule has 0 aliphatic rings. The Morgan fingerprint density at radius 2 is 0.792 bits per heavy atom. The molecule has 0 heterocycles. The summed E-state index contributed by atoms with van der Waals surface area (Å²) in [4.78, 5) is 40.6. The minimum absolute atomic E-state index is 0.270. The lowest BCUT2D eigenvalue weighted by atomic mass is 10.0. The highest BCUT2D eigenvalue weighted by Crippen LogP contribution is 2.35. The first-order valence-electron chi connectivity index (χ1n) is 20.3. The van der Waals surface area contributed by atoms with Crippen molar-refractivity contribution in [1.29, 1.82) is 0 Å². The third-order valence-electron chi connectivity index (χ3n) is 9.18. The summed E-state index contributed by atoms with van der Waals surface area (Å²) in [5, 5.41) is 0. The molecule has 0 aromatic heterocycles. The van der Waals surface area contributed by atoms with Crippen LogP contribution in [0.4, 0.5) is 0 Å². The van der Waals surface area contributed by atoms with E-state index >= 15 is 0 Å². The van der Waals surface area contributed by atoms with E-state index in [0.29, 0.717) is 0 Å². The van der Waals surface area contributed by atoms with Crippen LogP contribution in [0.25, 0.3) is 0 Å². The average Bonchev–Trinajstić information content (AvgIpc) is 3.04. The smallest absolute Gasteiger partial charge is 0.462 e. The van der Waals surface area contributed by atoms with E-state index in [-0.39, 0.29) is 13.0 Å². The number of carbonyl (C=O) groups is 2. The quantitative estimate of drug-likeness (QED) is 0.0370. The number of hydrogen-bond acceptors (Lipinski definition) is 6. The number of esters is 2. The minimum Gasteiger partial charge on any atom is -0.462 e. The normalized spacial score (nSPS) is 12.3. The Labute approximate surface area is 295 Å². The molecule has 2 N–H and O–H groups in total. The maximum atomic E-state index is 11.9. The van der Waals surface area contributed by atoms with Crippen LogP contribution in [0, 0.1) is 0 Å². The molecule has 0 saturated heterocycles. The van der Waals surface area contributed by atoms with Gasteiger partial charge >= 0.3 is 19.8 Å². The predicted octanol–water partition coefficient (Wildman–Crippen LogP) is 12.1. The highest BCUT2D eigenvalue weighted by molar-refractivity contribution is 7.46. The van der Waals surface area contributed by atoms with Gasteiger partial charge in [-0.05, 0) is 6.42 Å². The molecular weight excluding hydrogens is 627 g/mol. The van der Waals surface area contributed by atoms with Gasteiger partial charge in [0.15, 0.2) is 6.10 Å². The second kappa shape index (κ2) is 35.9. The molecule has 286 valence electrons. The Bertz CT molecular complexity index is 756. The highest BCUT2D eigenvalue weighted by Gasteiger charge is 2.21. The number of phosphoric acid groups is 1. The second-order valence-corrected chi connectivity index (χ2v) is 15.3. The van der Waals surface area contributed by atoms with Gasteiger partial charge in [-0.2, -0.15) is 0 Å². The molecule has 9 heteroatoms. The van der Waals surface area contributed by atoms with Crippen molar-refractivity contribution in [3.8, 4) is 0 Å². The Balaban J connectivity index is 3.30. The summed E-state index contributed by atoms with van der Waals surface area (Å²) in [6, 6.07) is 0. The molecule has 0 aliphatic carbocycles. The molecule has 0 saturated carbocycles. The Hall–Kier alpha value is -0.950. The monoisotopic (exact) mass is 705 g/mol. The first-order valence-corrected chi connectivity index (χ1v) is 21.8. The van der Waals surface area contributed by atoms with Crippen LogP contribution in [0.15, 0.2) is 0 Å². The summed E-state index contributed by atoms with van der Waals surface area (Å²) in [6.07, 6.45) is 41.3. The molecule has 0 radical (unpaired) electrons. The molecule has 0 spiro atoms. The lowest BCUT2D eigenvalue weighted by Crippen LogP contribution is -2.28. The molecule has 1 atom stereocenters. The zero-order chi connectivity index (χ0) is 35.4. The Kier molecular flexibility index (Phi) is 35.2. The van der Waals surface area contributed by atoms with Crippen molar-refractivity contribution in [1.82, 2.24) is 0 Å². The summed E-state index contributed by atoms with van der Waals surface area (Å²) in [6.45, 7) is 2.62. The summed E-state index contributed by atoms with van der Waals surface area (Å²) in [5.74, 6) is -1.06. The van der Waals surface area contributed by atoms with Crippen molar-refractivity contribution in [3.05, 3.63) is 0 Å². The van der Waals surface area contributed by atoms with Gasteiger partial charge in [0.1, 0.15) is 6.61 Å². The van der Waals surface area contributed by atoms with Gasteiger partial charge in [-0.3, -0.25) is 14.1 Å². The molecule has 0 aliphatic heterocycles. The van der Waals surface area contributed by atoms with Gasteiger partial charge in [0, 0.05) is 13.3 Å². The average molecular weight is 705 g/mol. The number of hydrogen-bond donors (Lipinski definition) is 2. The molecule has 0 rings (SSSR count). The number of rotatable bonds is 38. The maximum Gasteiger partial charge on any atom is 0.469 e. The topological polar surface area (TPSA) is 119 Å². The van der Waals surface area contributed by atoms with E-state index in [0.717, 1.165) is 26.2 Å². The fourth-order valence-electron chi connectivity index (χ4n) is 6.26. The molecule has 0 unspecified atom stereocenters. The van der Waals surface area contributed by atoms with E-state index in [9.17, 15) is 14.2 Å². The van der Waals surface area contributed by atoms with E-state index in [1.807, 2.05) is 0 Å². The summed E-state index contributed by atoms with van der Waals surface area (Å²) in [5.41, 5.74) is 0. The van der Waals surface area contributed by atoms with Crippen LogP contribution < -0.4 is 0 Å². The van der Waals surface area contributed by atoms with Crippen molar-refractivity contribution in [2.24, 2.45) is 0 Å². The van der Waals surface area contributed by atoms with Crippen LogP contribution in [0.1, 0.15) is 219 Å². The number of unbranched alkanes of at least 4 members (excludes halogenated alkanes) is 30. The number of carbonyl (C=O) groups excluding carboxylic acids is 2. The lowest BCUT2D eigenvalue weighted by molar-refractivity contribution is -0.159. The zero-order valence-electron chi connectivity index (χ0n) is 31.4. The SMILES string of the molecule is CCCCCCCCCCCCCCCCCCCCCCCCCCCCCCCCCC(=O)OC[C@H](COP(=O)(O)O)OC(C)=O. The van der Waals surface area contributed by atoms with Gasteiger partial charge in [-0.15, -0.1) is 0 Å². The third kappa shape index (κ3) is 39.5. The van der Waals surface area contributed by atoms with Crippen molar-refractivity contribution < 1.29 is 37.9 Å². The predicted molar refractivity (Wildman–Crippen MR) is 198 cm³/mol. The van der Waals surface area contributed by atoms with Crippen LogP contribution in [0.5, 0.6) is 0 Å². The van der Waals surface area contributed by atoms with Gasteiger partial charge in [0.2, 0.25) is 0 Å². The largest absolute Gasteiger partial charge is 0.469 e. The fourth-order valence-corrected chi connectivity index (χ4v) is 6.62. The molecule has 0 aromatic rings. The zero-order valence-corrected chi connectivity index (χ0v) is 32.3. The third-order valence-corrected chi connectivity index (χ3v) is 9.66. The molecule has 48 heavy (non-hydrogen) atoms. The number of ether oxygens (including phenoxy) is 2. The van der Waals surface area contributed by atoms with E-state index in [1.165, 1.54) is 180 Å². The Morgan fingerprint density at radius 1 is 0.500 bits per heavy atom. The molecule has 0 aromatic carbocycles. The fraction of sp³-hybridized carbons (Fsp3) is 0.949. The van der Waals surface area contributed by atoms with Gasteiger partial charge in [-0.25, -0.2) is 4.57 Å². The van der Waals surface area contributed by atoms with Crippen LogP contribution in [-0.4, -0.2) is 41.0 Å². The van der Waals surface area contributed by atoms with Gasteiger partial charge in [0.05, 0.1) is 6.61 Å². The van der Waals surface area contributed by atoms with Gasteiger partial charge < -0.3 is 19.3 Å². The minimum atomic E-state index is -4.70. The molecular formula is C39H77O8P. The van der Waals surface area contributed by atoms with Crippen molar-refractivity contribution >= 4 is 19.8 Å². The van der Waals surface area contributed by atoms with E-state index in [1.54, 1.807) is 0 Å². The van der Waals surface area contributed by atoms with Crippen LogP contribution in [-0.2, 0) is 28.2 Å².